The molecule has 2 heterocycles. The molecule has 0 saturated heterocycles. The molecule has 0 aromatic carbocycles. The van der Waals surface area contributed by atoms with Crippen LogP contribution < -0.4 is 5.32 Å². The maximum Gasteiger partial charge on any atom is 0.328 e. The number of aryl methyl sites for hydroxylation is 1. The van der Waals surface area contributed by atoms with Crippen LogP contribution in [0.5, 0.6) is 0 Å². The smallest absolute Gasteiger partial charge is 0.328 e. The Morgan fingerprint density at radius 2 is 2.00 bits per heavy atom. The van der Waals surface area contributed by atoms with Gasteiger partial charge in [0.1, 0.15) is 0 Å². The second-order valence-corrected chi connectivity index (χ2v) is 6.95. The number of aliphatic carboxylic acids is 1. The average Bonchev–Trinajstić information content (AvgIpc) is 3.05. The average molecular weight is 321 g/mol. The van der Waals surface area contributed by atoms with Gasteiger partial charge in [0.05, 0.1) is 10.9 Å². The van der Waals surface area contributed by atoms with E-state index in [1.54, 1.807) is 23.5 Å². The second kappa shape index (κ2) is 6.69. The van der Waals surface area contributed by atoms with Crippen molar-refractivity contribution in [3.63, 3.8) is 0 Å². The van der Waals surface area contributed by atoms with E-state index < -0.39 is 5.97 Å². The van der Waals surface area contributed by atoms with Crippen LogP contribution in [0.25, 0.3) is 6.08 Å². The minimum Gasteiger partial charge on any atom is -0.478 e. The van der Waals surface area contributed by atoms with Crippen molar-refractivity contribution in [2.24, 2.45) is 0 Å². The van der Waals surface area contributed by atoms with Crippen LogP contribution in [-0.2, 0) is 4.79 Å². The van der Waals surface area contributed by atoms with Gasteiger partial charge in [-0.3, -0.25) is 4.79 Å². The number of rotatable bonds is 5. The summed E-state index contributed by atoms with van der Waals surface area (Å²) in [6.45, 7) is 3.98. The molecule has 2 aromatic rings. The summed E-state index contributed by atoms with van der Waals surface area (Å²) in [5, 5.41) is 11.5. The Labute approximate surface area is 130 Å². The normalized spacial score (nSPS) is 12.5. The lowest BCUT2D eigenvalue weighted by atomic mass is 10.2. The van der Waals surface area contributed by atoms with Crippen LogP contribution in [0.15, 0.2) is 30.3 Å². The molecule has 0 fully saturated rings. The molecule has 0 aliphatic heterocycles. The van der Waals surface area contributed by atoms with Crippen molar-refractivity contribution in [1.82, 2.24) is 5.32 Å². The molecular formula is C15H15NO3S2. The maximum atomic E-state index is 12.2. The monoisotopic (exact) mass is 321 g/mol. The van der Waals surface area contributed by atoms with Crippen LogP contribution in [0.4, 0.5) is 0 Å². The lowest BCUT2D eigenvalue weighted by Gasteiger charge is -2.11. The molecule has 2 aromatic heterocycles. The predicted molar refractivity (Wildman–Crippen MR) is 85.9 cm³/mol. The van der Waals surface area contributed by atoms with Gasteiger partial charge in [-0.25, -0.2) is 4.79 Å². The van der Waals surface area contributed by atoms with E-state index in [2.05, 4.69) is 5.32 Å². The molecule has 4 nitrogen and oxygen atoms in total. The zero-order valence-electron chi connectivity index (χ0n) is 11.6. The Morgan fingerprint density at radius 3 is 2.62 bits per heavy atom. The fraction of sp³-hybridized carbons (Fsp3) is 0.200. The molecule has 21 heavy (non-hydrogen) atoms. The van der Waals surface area contributed by atoms with Gasteiger partial charge in [0, 0.05) is 20.7 Å². The van der Waals surface area contributed by atoms with Gasteiger partial charge < -0.3 is 10.4 Å². The quantitative estimate of drug-likeness (QED) is 0.825. The molecule has 0 saturated carbocycles. The Bertz CT molecular complexity index is 685. The number of carbonyl (C=O) groups is 2. The molecule has 1 unspecified atom stereocenters. The van der Waals surface area contributed by atoms with Gasteiger partial charge in [-0.05, 0) is 44.2 Å². The summed E-state index contributed by atoms with van der Waals surface area (Å²) >= 11 is 2.93. The number of carboxylic acid groups (broad SMARTS) is 1. The minimum absolute atomic E-state index is 0.0451. The highest BCUT2D eigenvalue weighted by Crippen LogP contribution is 2.24. The molecule has 0 radical (unpaired) electrons. The molecule has 110 valence electrons. The number of carboxylic acids is 1. The zero-order chi connectivity index (χ0) is 15.4. The van der Waals surface area contributed by atoms with E-state index in [-0.39, 0.29) is 11.9 Å². The molecule has 0 spiro atoms. The fourth-order valence-corrected chi connectivity index (χ4v) is 3.44. The topological polar surface area (TPSA) is 66.4 Å². The van der Waals surface area contributed by atoms with E-state index >= 15 is 0 Å². The third-order valence-electron chi connectivity index (χ3n) is 2.78. The summed E-state index contributed by atoms with van der Waals surface area (Å²) in [6.07, 6.45) is 2.54. The van der Waals surface area contributed by atoms with Gasteiger partial charge in [0.2, 0.25) is 0 Å². The van der Waals surface area contributed by atoms with Crippen molar-refractivity contribution in [3.8, 4) is 0 Å². The van der Waals surface area contributed by atoms with Crippen LogP contribution in [0, 0.1) is 6.92 Å². The molecular weight excluding hydrogens is 306 g/mol. The first kappa shape index (κ1) is 15.5. The molecule has 1 atom stereocenters. The van der Waals surface area contributed by atoms with Crippen molar-refractivity contribution in [2.75, 3.05) is 0 Å². The third-order valence-corrected chi connectivity index (χ3v) is 5.01. The Morgan fingerprint density at radius 1 is 1.24 bits per heavy atom. The predicted octanol–water partition coefficient (Wildman–Crippen LogP) is 3.71. The summed E-state index contributed by atoms with van der Waals surface area (Å²) in [6, 6.07) is 7.44. The first-order valence-electron chi connectivity index (χ1n) is 6.34. The third kappa shape index (κ3) is 4.27. The van der Waals surface area contributed by atoms with Crippen molar-refractivity contribution in [3.05, 3.63) is 49.9 Å². The van der Waals surface area contributed by atoms with E-state index in [4.69, 9.17) is 5.11 Å². The highest BCUT2D eigenvalue weighted by Gasteiger charge is 2.14. The summed E-state index contributed by atoms with van der Waals surface area (Å²) < 4.78 is 0. The summed E-state index contributed by atoms with van der Waals surface area (Å²) in [5.74, 6) is -1.15. The van der Waals surface area contributed by atoms with Crippen LogP contribution in [0.1, 0.15) is 37.3 Å². The van der Waals surface area contributed by atoms with Crippen LogP contribution >= 0.6 is 22.7 Å². The van der Waals surface area contributed by atoms with Crippen molar-refractivity contribution < 1.29 is 14.7 Å². The summed E-state index contributed by atoms with van der Waals surface area (Å²) in [7, 11) is 0. The Balaban J connectivity index is 2.02. The SMILES string of the molecule is Cc1ccc(C(C)NC(=O)c2ccc(C=CC(=O)O)s2)s1. The zero-order valence-corrected chi connectivity index (χ0v) is 13.3. The summed E-state index contributed by atoms with van der Waals surface area (Å²) in [4.78, 5) is 26.2. The first-order chi connectivity index (χ1) is 9.95. The molecule has 6 heteroatoms. The van der Waals surface area contributed by atoms with E-state index in [9.17, 15) is 9.59 Å². The van der Waals surface area contributed by atoms with E-state index in [0.717, 1.165) is 15.8 Å². The van der Waals surface area contributed by atoms with Crippen LogP contribution in [-0.4, -0.2) is 17.0 Å². The second-order valence-electron chi connectivity index (χ2n) is 4.52. The van der Waals surface area contributed by atoms with Crippen LogP contribution in [0.2, 0.25) is 0 Å². The fourth-order valence-electron chi connectivity index (χ4n) is 1.74. The lowest BCUT2D eigenvalue weighted by molar-refractivity contribution is -0.131. The van der Waals surface area contributed by atoms with Gasteiger partial charge in [-0.15, -0.1) is 22.7 Å². The standard InChI is InChI=1S/C15H15NO3S2/c1-9-3-6-12(20-9)10(2)16-15(19)13-7-4-11(21-13)5-8-14(17)18/h3-8,10H,1-2H3,(H,16,19)(H,17,18). The number of amides is 1. The van der Waals surface area contributed by atoms with E-state index in [1.807, 2.05) is 26.0 Å². The maximum absolute atomic E-state index is 12.2. The van der Waals surface area contributed by atoms with E-state index in [1.165, 1.54) is 22.3 Å². The molecule has 2 rings (SSSR count). The largest absolute Gasteiger partial charge is 0.478 e. The van der Waals surface area contributed by atoms with Crippen LogP contribution in [0.3, 0.4) is 0 Å². The first-order valence-corrected chi connectivity index (χ1v) is 7.97. The molecule has 1 amide bonds. The highest BCUT2D eigenvalue weighted by molar-refractivity contribution is 7.15. The number of nitrogens with one attached hydrogen (secondary N) is 1. The Hall–Kier alpha value is -1.92. The van der Waals surface area contributed by atoms with Gasteiger partial charge in [0.15, 0.2) is 0 Å². The lowest BCUT2D eigenvalue weighted by Crippen LogP contribution is -2.25. The number of hydrogen-bond acceptors (Lipinski definition) is 4. The molecule has 0 aliphatic carbocycles. The summed E-state index contributed by atoms with van der Waals surface area (Å²) in [5.41, 5.74) is 0. The van der Waals surface area contributed by atoms with Crippen molar-refractivity contribution >= 4 is 40.6 Å². The molecule has 2 N–H and O–H groups in total. The highest BCUT2D eigenvalue weighted by atomic mass is 32.1. The Kier molecular flexibility index (Phi) is 4.93. The van der Waals surface area contributed by atoms with Crippen molar-refractivity contribution in [1.29, 1.82) is 0 Å². The molecule has 0 aliphatic rings. The molecule has 0 bridgehead atoms. The van der Waals surface area contributed by atoms with Gasteiger partial charge >= 0.3 is 5.97 Å². The van der Waals surface area contributed by atoms with Gasteiger partial charge in [-0.2, -0.15) is 0 Å². The van der Waals surface area contributed by atoms with Crippen molar-refractivity contribution in [2.45, 2.75) is 19.9 Å². The number of carbonyl (C=O) groups excluding carboxylic acids is 1. The van der Waals surface area contributed by atoms with Gasteiger partial charge in [-0.1, -0.05) is 0 Å². The number of hydrogen-bond donors (Lipinski definition) is 2. The number of thiophene rings is 2. The van der Waals surface area contributed by atoms with Gasteiger partial charge in [0.25, 0.3) is 5.91 Å². The minimum atomic E-state index is -1.00. The van der Waals surface area contributed by atoms with E-state index in [0.29, 0.717) is 4.88 Å².